The molecule has 124 valence electrons. The summed E-state index contributed by atoms with van der Waals surface area (Å²) in [7, 11) is 1.63. The number of para-hydroxylation sites is 1. The normalized spacial score (nSPS) is 10.1. The van der Waals surface area contributed by atoms with Crippen LogP contribution in [0.5, 0.6) is 5.75 Å². The maximum Gasteiger partial charge on any atom is 0.265 e. The van der Waals surface area contributed by atoms with Gasteiger partial charge in [-0.3, -0.25) is 4.79 Å². The zero-order valence-electron chi connectivity index (χ0n) is 13.9. The Labute approximate surface area is 150 Å². The molecule has 0 bridgehead atoms. The van der Waals surface area contributed by atoms with E-state index in [0.717, 1.165) is 21.8 Å². The summed E-state index contributed by atoms with van der Waals surface area (Å²) in [4.78, 5) is 14.2. The lowest BCUT2D eigenvalue weighted by Crippen LogP contribution is -2.11. The molecule has 2 aromatic carbocycles. The Bertz CT molecular complexity index is 953. The summed E-state index contributed by atoms with van der Waals surface area (Å²) in [6.45, 7) is 1.99. The van der Waals surface area contributed by atoms with E-state index < -0.39 is 0 Å². The fraction of sp³-hybridized carbons (Fsp3) is 0.100. The molecular weight excluding hydrogens is 332 g/mol. The van der Waals surface area contributed by atoms with Crippen LogP contribution in [0.1, 0.15) is 20.1 Å². The topological polar surface area (TPSA) is 62.1 Å². The van der Waals surface area contributed by atoms with E-state index in [1.54, 1.807) is 31.4 Å². The maximum absolute atomic E-state index is 12.5. The van der Waals surface area contributed by atoms with Crippen molar-refractivity contribution in [3.05, 3.63) is 69.9 Å². The zero-order valence-corrected chi connectivity index (χ0v) is 14.7. The van der Waals surface area contributed by atoms with Gasteiger partial charge >= 0.3 is 0 Å². The standard InChI is InChI=1S/C20H16N2O2S/c1-13-17(14-7-9-16(24-2)10-8-14)11-19(25-13)20(23)22-18-6-4-3-5-15(18)12-21/h3-11H,1-2H3,(H,22,23). The molecule has 4 nitrogen and oxygen atoms in total. The molecule has 0 aliphatic rings. The van der Waals surface area contributed by atoms with Gasteiger partial charge in [-0.15, -0.1) is 11.3 Å². The maximum atomic E-state index is 12.5. The minimum absolute atomic E-state index is 0.212. The summed E-state index contributed by atoms with van der Waals surface area (Å²) in [6.07, 6.45) is 0. The number of carbonyl (C=O) groups excluding carboxylic acids is 1. The monoisotopic (exact) mass is 348 g/mol. The Kier molecular flexibility index (Phi) is 4.82. The quantitative estimate of drug-likeness (QED) is 0.732. The first-order chi connectivity index (χ1) is 12.1. The number of hydrogen-bond acceptors (Lipinski definition) is 4. The van der Waals surface area contributed by atoms with Gasteiger partial charge in [0.15, 0.2) is 0 Å². The van der Waals surface area contributed by atoms with Crippen LogP contribution in [-0.4, -0.2) is 13.0 Å². The molecule has 0 radical (unpaired) electrons. The van der Waals surface area contributed by atoms with Crippen molar-refractivity contribution in [3.8, 4) is 22.9 Å². The molecule has 0 aliphatic heterocycles. The second kappa shape index (κ2) is 7.20. The fourth-order valence-corrected chi connectivity index (χ4v) is 3.46. The van der Waals surface area contributed by atoms with Crippen LogP contribution < -0.4 is 10.1 Å². The lowest BCUT2D eigenvalue weighted by Gasteiger charge is -2.05. The van der Waals surface area contributed by atoms with E-state index in [4.69, 9.17) is 10.00 Å². The minimum atomic E-state index is -0.212. The van der Waals surface area contributed by atoms with Crippen LogP contribution in [-0.2, 0) is 0 Å². The van der Waals surface area contributed by atoms with E-state index in [2.05, 4.69) is 11.4 Å². The number of nitrogens with zero attached hydrogens (tertiary/aromatic N) is 1. The van der Waals surface area contributed by atoms with Crippen molar-refractivity contribution in [1.29, 1.82) is 5.26 Å². The molecule has 0 aliphatic carbocycles. The molecule has 25 heavy (non-hydrogen) atoms. The van der Waals surface area contributed by atoms with Crippen molar-refractivity contribution in [2.24, 2.45) is 0 Å². The third kappa shape index (κ3) is 3.54. The van der Waals surface area contributed by atoms with Crippen molar-refractivity contribution in [2.45, 2.75) is 6.92 Å². The molecule has 0 saturated carbocycles. The SMILES string of the molecule is COc1ccc(-c2cc(C(=O)Nc3ccccc3C#N)sc2C)cc1. The number of aryl methyl sites for hydroxylation is 1. The van der Waals surface area contributed by atoms with Crippen LogP contribution in [0, 0.1) is 18.3 Å². The zero-order chi connectivity index (χ0) is 17.8. The third-order valence-electron chi connectivity index (χ3n) is 3.84. The van der Waals surface area contributed by atoms with Crippen LogP contribution in [0.4, 0.5) is 5.69 Å². The minimum Gasteiger partial charge on any atom is -0.497 e. The van der Waals surface area contributed by atoms with Crippen molar-refractivity contribution in [2.75, 3.05) is 12.4 Å². The molecular formula is C20H16N2O2S. The first kappa shape index (κ1) is 16.7. The van der Waals surface area contributed by atoms with Crippen LogP contribution in [0.25, 0.3) is 11.1 Å². The van der Waals surface area contributed by atoms with Gasteiger partial charge in [-0.1, -0.05) is 24.3 Å². The molecule has 0 unspecified atom stereocenters. The highest BCUT2D eigenvalue weighted by Crippen LogP contribution is 2.32. The average Bonchev–Trinajstić information content (AvgIpc) is 3.04. The number of methoxy groups -OCH3 is 1. The van der Waals surface area contributed by atoms with Gasteiger partial charge < -0.3 is 10.1 Å². The number of thiophene rings is 1. The molecule has 1 heterocycles. The Balaban J connectivity index is 1.86. The lowest BCUT2D eigenvalue weighted by atomic mass is 10.1. The number of rotatable bonds is 4. The summed E-state index contributed by atoms with van der Waals surface area (Å²) in [5.74, 6) is 0.582. The second-order valence-corrected chi connectivity index (χ2v) is 6.68. The van der Waals surface area contributed by atoms with Gasteiger partial charge in [0.1, 0.15) is 11.8 Å². The lowest BCUT2D eigenvalue weighted by molar-refractivity contribution is 0.103. The van der Waals surface area contributed by atoms with Gasteiger partial charge in [-0.2, -0.15) is 5.26 Å². The molecule has 5 heteroatoms. The number of carbonyl (C=O) groups is 1. The number of anilines is 1. The molecule has 0 spiro atoms. The van der Waals surface area contributed by atoms with Gasteiger partial charge in [0.25, 0.3) is 5.91 Å². The van der Waals surface area contributed by atoms with Crippen LogP contribution >= 0.6 is 11.3 Å². The Morgan fingerprint density at radius 1 is 1.16 bits per heavy atom. The van der Waals surface area contributed by atoms with Gasteiger partial charge in [0, 0.05) is 4.88 Å². The summed E-state index contributed by atoms with van der Waals surface area (Å²) in [5.41, 5.74) is 3.02. The number of nitrogens with one attached hydrogen (secondary N) is 1. The van der Waals surface area contributed by atoms with Crippen molar-refractivity contribution in [1.82, 2.24) is 0 Å². The fourth-order valence-electron chi connectivity index (χ4n) is 2.52. The predicted octanol–water partition coefficient (Wildman–Crippen LogP) is 4.86. The highest BCUT2D eigenvalue weighted by molar-refractivity contribution is 7.14. The molecule has 1 N–H and O–H groups in total. The van der Waals surface area contributed by atoms with Crippen LogP contribution in [0.3, 0.4) is 0 Å². The second-order valence-electron chi connectivity index (χ2n) is 5.42. The van der Waals surface area contributed by atoms with Crippen LogP contribution in [0.2, 0.25) is 0 Å². The first-order valence-electron chi connectivity index (χ1n) is 7.67. The Morgan fingerprint density at radius 2 is 1.88 bits per heavy atom. The highest BCUT2D eigenvalue weighted by Gasteiger charge is 2.15. The van der Waals surface area contributed by atoms with Gasteiger partial charge in [0.2, 0.25) is 0 Å². The summed E-state index contributed by atoms with van der Waals surface area (Å²) in [6, 6.07) is 18.7. The van der Waals surface area contributed by atoms with Crippen molar-refractivity contribution in [3.63, 3.8) is 0 Å². The van der Waals surface area contributed by atoms with Gasteiger partial charge in [0.05, 0.1) is 23.2 Å². The predicted molar refractivity (Wildman–Crippen MR) is 100 cm³/mol. The summed E-state index contributed by atoms with van der Waals surface area (Å²) < 4.78 is 5.18. The number of benzene rings is 2. The Morgan fingerprint density at radius 3 is 2.56 bits per heavy atom. The van der Waals surface area contributed by atoms with Crippen molar-refractivity contribution < 1.29 is 9.53 Å². The van der Waals surface area contributed by atoms with Crippen molar-refractivity contribution >= 4 is 22.9 Å². The van der Waals surface area contributed by atoms with Gasteiger partial charge in [-0.05, 0) is 48.4 Å². The molecule has 0 saturated heterocycles. The van der Waals surface area contributed by atoms with E-state index in [9.17, 15) is 4.79 Å². The summed E-state index contributed by atoms with van der Waals surface area (Å²) >= 11 is 1.43. The third-order valence-corrected chi connectivity index (χ3v) is 4.89. The van der Waals surface area contributed by atoms with E-state index in [1.165, 1.54) is 11.3 Å². The molecule has 0 fully saturated rings. The van der Waals surface area contributed by atoms with Crippen LogP contribution in [0.15, 0.2) is 54.6 Å². The Hall–Kier alpha value is -3.10. The molecule has 0 atom stereocenters. The van der Waals surface area contributed by atoms with Gasteiger partial charge in [-0.25, -0.2) is 0 Å². The van der Waals surface area contributed by atoms with E-state index in [1.807, 2.05) is 37.3 Å². The van der Waals surface area contributed by atoms with E-state index >= 15 is 0 Å². The molecule has 3 rings (SSSR count). The van der Waals surface area contributed by atoms with E-state index in [0.29, 0.717) is 16.1 Å². The average molecular weight is 348 g/mol. The summed E-state index contributed by atoms with van der Waals surface area (Å²) in [5, 5.41) is 11.9. The number of ether oxygens (including phenoxy) is 1. The smallest absolute Gasteiger partial charge is 0.265 e. The molecule has 1 aromatic heterocycles. The number of nitriles is 1. The molecule has 1 amide bonds. The molecule has 3 aromatic rings. The first-order valence-corrected chi connectivity index (χ1v) is 8.49. The van der Waals surface area contributed by atoms with E-state index in [-0.39, 0.29) is 5.91 Å². The number of amides is 1. The highest BCUT2D eigenvalue weighted by atomic mass is 32.1. The largest absolute Gasteiger partial charge is 0.497 e. The number of hydrogen-bond donors (Lipinski definition) is 1.